The maximum absolute atomic E-state index is 6.31. The van der Waals surface area contributed by atoms with Gasteiger partial charge >= 0.3 is 0 Å². The van der Waals surface area contributed by atoms with Gasteiger partial charge in [-0.15, -0.1) is 0 Å². The SMILES string of the molecule is ClC(Cl)=CCOc1cc(Cl)c(OCc2cccc(C=NOCc3ccccc3)c2)c(Cl)c1. The molecule has 0 radical (unpaired) electrons. The molecule has 4 nitrogen and oxygen atoms in total. The number of halogens is 4. The van der Waals surface area contributed by atoms with Crippen molar-refractivity contribution in [3.05, 3.63) is 104 Å². The van der Waals surface area contributed by atoms with Crippen molar-refractivity contribution in [2.75, 3.05) is 6.61 Å². The molecule has 32 heavy (non-hydrogen) atoms. The molecule has 0 saturated carbocycles. The van der Waals surface area contributed by atoms with Crippen LogP contribution in [0.2, 0.25) is 10.0 Å². The Morgan fingerprint density at radius 2 is 1.53 bits per heavy atom. The third-order valence-electron chi connectivity index (χ3n) is 4.14. The highest BCUT2D eigenvalue weighted by Crippen LogP contribution is 2.37. The van der Waals surface area contributed by atoms with Crippen molar-refractivity contribution in [1.29, 1.82) is 0 Å². The predicted octanol–water partition coefficient (Wildman–Crippen LogP) is 7.82. The first-order valence-corrected chi connectivity index (χ1v) is 11.1. The van der Waals surface area contributed by atoms with Crippen molar-refractivity contribution in [2.45, 2.75) is 13.2 Å². The number of benzene rings is 3. The van der Waals surface area contributed by atoms with E-state index in [2.05, 4.69) is 5.16 Å². The Bertz CT molecular complexity index is 1060. The molecular formula is C24H19Cl4NO3. The van der Waals surface area contributed by atoms with E-state index in [0.29, 0.717) is 28.2 Å². The van der Waals surface area contributed by atoms with E-state index in [0.717, 1.165) is 16.7 Å². The highest BCUT2D eigenvalue weighted by Gasteiger charge is 2.11. The first kappa shape index (κ1) is 24.3. The van der Waals surface area contributed by atoms with Crippen LogP contribution >= 0.6 is 46.4 Å². The van der Waals surface area contributed by atoms with Crippen LogP contribution in [0.3, 0.4) is 0 Å². The van der Waals surface area contributed by atoms with E-state index in [1.54, 1.807) is 18.3 Å². The highest BCUT2D eigenvalue weighted by atomic mass is 35.5. The van der Waals surface area contributed by atoms with Crippen molar-refractivity contribution in [1.82, 2.24) is 0 Å². The minimum atomic E-state index is 0.122. The minimum Gasteiger partial charge on any atom is -0.489 e. The van der Waals surface area contributed by atoms with Crippen molar-refractivity contribution >= 4 is 52.6 Å². The molecule has 0 heterocycles. The van der Waals surface area contributed by atoms with E-state index in [-0.39, 0.29) is 17.7 Å². The van der Waals surface area contributed by atoms with Crippen LogP contribution in [0.15, 0.2) is 82.5 Å². The Balaban J connectivity index is 1.56. The minimum absolute atomic E-state index is 0.122. The molecular weight excluding hydrogens is 492 g/mol. The van der Waals surface area contributed by atoms with Crippen molar-refractivity contribution in [3.63, 3.8) is 0 Å². The normalized spacial score (nSPS) is 10.8. The van der Waals surface area contributed by atoms with Crippen molar-refractivity contribution in [3.8, 4) is 11.5 Å². The molecule has 0 unspecified atom stereocenters. The molecule has 3 aromatic carbocycles. The van der Waals surface area contributed by atoms with E-state index in [4.69, 9.17) is 60.7 Å². The Morgan fingerprint density at radius 1 is 0.812 bits per heavy atom. The lowest BCUT2D eigenvalue weighted by atomic mass is 10.1. The molecule has 0 aliphatic carbocycles. The molecule has 3 aromatic rings. The summed E-state index contributed by atoms with van der Waals surface area (Å²) in [6, 6.07) is 20.8. The third-order valence-corrected chi connectivity index (χ3v) is 5.01. The van der Waals surface area contributed by atoms with E-state index >= 15 is 0 Å². The molecule has 0 amide bonds. The van der Waals surface area contributed by atoms with Gasteiger partial charge in [0.1, 0.15) is 30.1 Å². The number of hydrogen-bond acceptors (Lipinski definition) is 4. The van der Waals surface area contributed by atoms with Gasteiger partial charge in [-0.3, -0.25) is 0 Å². The Morgan fingerprint density at radius 3 is 2.25 bits per heavy atom. The summed E-state index contributed by atoms with van der Waals surface area (Å²) < 4.78 is 11.5. The molecule has 0 fully saturated rings. The van der Waals surface area contributed by atoms with E-state index < -0.39 is 0 Å². The molecule has 0 saturated heterocycles. The summed E-state index contributed by atoms with van der Waals surface area (Å²) in [6.07, 6.45) is 3.17. The van der Waals surface area contributed by atoms with Crippen LogP contribution in [-0.2, 0) is 18.1 Å². The van der Waals surface area contributed by atoms with Gasteiger partial charge in [0.25, 0.3) is 0 Å². The summed E-state index contributed by atoms with van der Waals surface area (Å²) in [5, 5.41) is 4.69. The summed E-state index contributed by atoms with van der Waals surface area (Å²) in [5.74, 6) is 0.851. The maximum atomic E-state index is 6.31. The lowest BCUT2D eigenvalue weighted by Crippen LogP contribution is -1.99. The fourth-order valence-corrected chi connectivity index (χ4v) is 3.36. The standard InChI is InChI=1S/C24H19Cl4NO3/c25-21-12-20(30-10-9-23(27)28)13-22(26)24(21)31-15-19-8-4-7-18(11-19)14-29-32-16-17-5-2-1-3-6-17/h1-9,11-14H,10,15-16H2. The fourth-order valence-electron chi connectivity index (χ4n) is 2.66. The van der Waals surface area contributed by atoms with Gasteiger partial charge in [-0.1, -0.05) is 100 Å². The summed E-state index contributed by atoms with van der Waals surface area (Å²) in [4.78, 5) is 5.35. The average molecular weight is 511 g/mol. The number of oxime groups is 1. The lowest BCUT2D eigenvalue weighted by Gasteiger charge is -2.12. The van der Waals surface area contributed by atoms with Gasteiger partial charge in [0.15, 0.2) is 5.75 Å². The van der Waals surface area contributed by atoms with E-state index in [9.17, 15) is 0 Å². The molecule has 0 aromatic heterocycles. The van der Waals surface area contributed by atoms with Gasteiger partial charge in [-0.2, -0.15) is 0 Å². The molecule has 8 heteroatoms. The molecule has 0 atom stereocenters. The van der Waals surface area contributed by atoms with Crippen LogP contribution in [0.4, 0.5) is 0 Å². The Kier molecular flexibility index (Phi) is 9.57. The number of rotatable bonds is 10. The molecule has 0 aliphatic rings. The lowest BCUT2D eigenvalue weighted by molar-refractivity contribution is 0.132. The summed E-state index contributed by atoms with van der Waals surface area (Å²) in [6.45, 7) is 0.876. The Labute approximate surface area is 206 Å². The topological polar surface area (TPSA) is 40.0 Å². The molecule has 0 bridgehead atoms. The van der Waals surface area contributed by atoms with E-state index in [1.165, 1.54) is 6.08 Å². The Hall–Kier alpha value is -2.37. The zero-order chi connectivity index (χ0) is 22.8. The fraction of sp³-hybridized carbons (Fsp3) is 0.125. The van der Waals surface area contributed by atoms with Gasteiger partial charge in [0.2, 0.25) is 0 Å². The van der Waals surface area contributed by atoms with Crippen LogP contribution < -0.4 is 9.47 Å². The second-order valence-corrected chi connectivity index (χ2v) is 8.37. The van der Waals surface area contributed by atoms with Gasteiger partial charge < -0.3 is 14.3 Å². The van der Waals surface area contributed by atoms with Crippen molar-refractivity contribution < 1.29 is 14.3 Å². The summed E-state index contributed by atoms with van der Waals surface area (Å²) in [5.41, 5.74) is 2.86. The zero-order valence-electron chi connectivity index (χ0n) is 16.8. The van der Waals surface area contributed by atoms with Crippen LogP contribution in [-0.4, -0.2) is 12.8 Å². The largest absolute Gasteiger partial charge is 0.489 e. The molecule has 3 rings (SSSR count). The van der Waals surface area contributed by atoms with Gasteiger partial charge in [0, 0.05) is 12.1 Å². The zero-order valence-corrected chi connectivity index (χ0v) is 19.8. The first-order valence-electron chi connectivity index (χ1n) is 9.55. The van der Waals surface area contributed by atoms with Gasteiger partial charge in [0.05, 0.1) is 16.3 Å². The number of hydrogen-bond donors (Lipinski definition) is 0. The van der Waals surface area contributed by atoms with Crippen LogP contribution in [0.1, 0.15) is 16.7 Å². The van der Waals surface area contributed by atoms with Gasteiger partial charge in [-0.05, 0) is 28.8 Å². The van der Waals surface area contributed by atoms with Crippen LogP contribution in [0.5, 0.6) is 11.5 Å². The smallest absolute Gasteiger partial charge is 0.157 e. The second-order valence-electron chi connectivity index (χ2n) is 6.55. The van der Waals surface area contributed by atoms with Gasteiger partial charge in [-0.25, -0.2) is 0 Å². The number of nitrogens with zero attached hydrogens (tertiary/aromatic N) is 1. The monoisotopic (exact) mass is 509 g/mol. The average Bonchev–Trinajstić information content (AvgIpc) is 2.77. The summed E-state index contributed by atoms with van der Waals surface area (Å²) >= 11 is 23.8. The molecule has 0 N–H and O–H groups in total. The molecule has 0 aliphatic heterocycles. The third kappa shape index (κ3) is 7.95. The number of ether oxygens (including phenoxy) is 2. The molecule has 0 spiro atoms. The van der Waals surface area contributed by atoms with Crippen LogP contribution in [0.25, 0.3) is 0 Å². The van der Waals surface area contributed by atoms with Crippen LogP contribution in [0, 0.1) is 0 Å². The van der Waals surface area contributed by atoms with Crippen molar-refractivity contribution in [2.24, 2.45) is 5.16 Å². The highest BCUT2D eigenvalue weighted by molar-refractivity contribution is 6.55. The summed E-state index contributed by atoms with van der Waals surface area (Å²) in [7, 11) is 0. The predicted molar refractivity (Wildman–Crippen MR) is 131 cm³/mol. The quantitative estimate of drug-likeness (QED) is 0.206. The molecule has 166 valence electrons. The van der Waals surface area contributed by atoms with E-state index in [1.807, 2.05) is 54.6 Å². The second kappa shape index (κ2) is 12.6. The first-order chi connectivity index (χ1) is 15.5. The maximum Gasteiger partial charge on any atom is 0.157 e.